The molecule has 0 radical (unpaired) electrons. The first-order valence-electron chi connectivity index (χ1n) is 6.77. The molecular weight excluding hydrogens is 280 g/mol. The lowest BCUT2D eigenvalue weighted by molar-refractivity contribution is 1.19. The number of aryl methyl sites for hydroxylation is 1. The molecule has 100 valence electrons. The van der Waals surface area contributed by atoms with Gasteiger partial charge in [0.2, 0.25) is 0 Å². The highest BCUT2D eigenvalue weighted by Crippen LogP contribution is 2.35. The zero-order valence-corrected chi connectivity index (χ0v) is 13.0. The van der Waals surface area contributed by atoms with E-state index in [0.29, 0.717) is 0 Å². The number of hydrogen-bond donors (Lipinski definition) is 0. The standard InChI is InChI=1S/C18H16S2/c1-2-16-11-12-18(19-16)20-17-10-6-9-15(13-17)14-7-4-3-5-8-14/h3-13H,2H2,1H3. The molecule has 0 N–H and O–H groups in total. The Morgan fingerprint density at radius 3 is 2.40 bits per heavy atom. The maximum Gasteiger partial charge on any atom is 0.0649 e. The Morgan fingerprint density at radius 1 is 0.850 bits per heavy atom. The zero-order valence-electron chi connectivity index (χ0n) is 11.4. The van der Waals surface area contributed by atoms with Gasteiger partial charge >= 0.3 is 0 Å². The lowest BCUT2D eigenvalue weighted by Gasteiger charge is -2.04. The molecule has 2 aromatic carbocycles. The van der Waals surface area contributed by atoms with Gasteiger partial charge in [0, 0.05) is 9.77 Å². The van der Waals surface area contributed by atoms with Gasteiger partial charge < -0.3 is 0 Å². The summed E-state index contributed by atoms with van der Waals surface area (Å²) in [6.45, 7) is 2.20. The van der Waals surface area contributed by atoms with Crippen molar-refractivity contribution in [1.82, 2.24) is 0 Å². The minimum absolute atomic E-state index is 1.12. The first-order valence-corrected chi connectivity index (χ1v) is 8.40. The first kappa shape index (κ1) is 13.5. The van der Waals surface area contributed by atoms with Crippen molar-refractivity contribution in [3.05, 3.63) is 71.6 Å². The van der Waals surface area contributed by atoms with Crippen molar-refractivity contribution in [1.29, 1.82) is 0 Å². The predicted molar refractivity (Wildman–Crippen MR) is 89.7 cm³/mol. The second-order valence-corrected chi connectivity index (χ2v) is 7.11. The van der Waals surface area contributed by atoms with Crippen LogP contribution in [0.15, 0.2) is 75.8 Å². The van der Waals surface area contributed by atoms with Gasteiger partial charge in [-0.3, -0.25) is 0 Å². The molecule has 0 amide bonds. The summed E-state index contributed by atoms with van der Waals surface area (Å²) in [5, 5.41) is 0. The quantitative estimate of drug-likeness (QED) is 0.558. The van der Waals surface area contributed by atoms with Crippen LogP contribution in [0.1, 0.15) is 11.8 Å². The van der Waals surface area contributed by atoms with Crippen molar-refractivity contribution in [3.63, 3.8) is 0 Å². The normalized spacial score (nSPS) is 10.7. The summed E-state index contributed by atoms with van der Waals surface area (Å²) in [5.41, 5.74) is 2.55. The van der Waals surface area contributed by atoms with Crippen LogP contribution in [0.2, 0.25) is 0 Å². The monoisotopic (exact) mass is 296 g/mol. The molecule has 0 nitrogen and oxygen atoms in total. The topological polar surface area (TPSA) is 0 Å². The minimum atomic E-state index is 1.12. The molecule has 0 aliphatic carbocycles. The van der Waals surface area contributed by atoms with Crippen molar-refractivity contribution in [2.24, 2.45) is 0 Å². The Hall–Kier alpha value is -1.51. The van der Waals surface area contributed by atoms with Crippen LogP contribution in [-0.4, -0.2) is 0 Å². The molecule has 2 heteroatoms. The summed E-state index contributed by atoms with van der Waals surface area (Å²) < 4.78 is 1.37. The van der Waals surface area contributed by atoms with Gasteiger partial charge in [0.1, 0.15) is 0 Å². The van der Waals surface area contributed by atoms with Gasteiger partial charge in [0.25, 0.3) is 0 Å². The number of benzene rings is 2. The maximum absolute atomic E-state index is 2.27. The van der Waals surface area contributed by atoms with Crippen LogP contribution in [0, 0.1) is 0 Å². The molecule has 1 heterocycles. The van der Waals surface area contributed by atoms with Crippen molar-refractivity contribution in [2.75, 3.05) is 0 Å². The van der Waals surface area contributed by atoms with E-state index in [4.69, 9.17) is 0 Å². The van der Waals surface area contributed by atoms with Crippen LogP contribution in [0.4, 0.5) is 0 Å². The molecule has 0 bridgehead atoms. The third kappa shape index (κ3) is 3.14. The summed E-state index contributed by atoms with van der Waals surface area (Å²) in [6, 6.07) is 23.8. The molecule has 0 aliphatic heterocycles. The number of thiophene rings is 1. The molecule has 0 unspecified atom stereocenters. The van der Waals surface area contributed by atoms with Gasteiger partial charge in [-0.1, -0.05) is 61.2 Å². The number of rotatable bonds is 4. The van der Waals surface area contributed by atoms with Gasteiger partial charge in [0.15, 0.2) is 0 Å². The maximum atomic E-state index is 2.27. The largest absolute Gasteiger partial charge is 0.134 e. The fourth-order valence-corrected chi connectivity index (χ4v) is 4.24. The van der Waals surface area contributed by atoms with E-state index in [-0.39, 0.29) is 0 Å². The van der Waals surface area contributed by atoms with E-state index in [0.717, 1.165) is 6.42 Å². The van der Waals surface area contributed by atoms with E-state index in [1.165, 1.54) is 25.1 Å². The molecule has 0 saturated carbocycles. The second kappa shape index (κ2) is 6.29. The fraction of sp³-hybridized carbons (Fsp3) is 0.111. The van der Waals surface area contributed by atoms with Gasteiger partial charge in [0.05, 0.1) is 4.21 Å². The van der Waals surface area contributed by atoms with Crippen LogP contribution < -0.4 is 0 Å². The summed E-state index contributed by atoms with van der Waals surface area (Å²) in [6.07, 6.45) is 1.12. The SMILES string of the molecule is CCc1ccc(Sc2cccc(-c3ccccc3)c2)s1. The van der Waals surface area contributed by atoms with Crippen molar-refractivity contribution in [2.45, 2.75) is 22.4 Å². The smallest absolute Gasteiger partial charge is 0.0649 e. The Bertz CT molecular complexity index is 683. The third-order valence-electron chi connectivity index (χ3n) is 3.15. The highest BCUT2D eigenvalue weighted by molar-refractivity contribution is 8.01. The molecule has 3 aromatic rings. The molecule has 0 atom stereocenters. The van der Waals surface area contributed by atoms with E-state index < -0.39 is 0 Å². The van der Waals surface area contributed by atoms with E-state index >= 15 is 0 Å². The summed E-state index contributed by atoms with van der Waals surface area (Å²) in [5.74, 6) is 0. The fourth-order valence-electron chi connectivity index (χ4n) is 2.09. The molecule has 1 aromatic heterocycles. The molecule has 0 aliphatic rings. The highest BCUT2D eigenvalue weighted by atomic mass is 32.2. The van der Waals surface area contributed by atoms with Gasteiger partial charge in [-0.2, -0.15) is 0 Å². The summed E-state index contributed by atoms with van der Waals surface area (Å²) in [4.78, 5) is 2.75. The van der Waals surface area contributed by atoms with E-state index in [2.05, 4.69) is 73.7 Å². The Balaban J connectivity index is 1.84. The van der Waals surface area contributed by atoms with E-state index in [1.807, 2.05) is 23.1 Å². The van der Waals surface area contributed by atoms with Crippen molar-refractivity contribution >= 4 is 23.1 Å². The summed E-state index contributed by atoms with van der Waals surface area (Å²) >= 11 is 3.74. The van der Waals surface area contributed by atoms with Gasteiger partial charge in [-0.15, -0.1) is 11.3 Å². The summed E-state index contributed by atoms with van der Waals surface area (Å²) in [7, 11) is 0. The van der Waals surface area contributed by atoms with E-state index in [1.54, 1.807) is 0 Å². The molecule has 0 spiro atoms. The Kier molecular flexibility index (Phi) is 4.24. The average molecular weight is 296 g/mol. The Morgan fingerprint density at radius 2 is 1.65 bits per heavy atom. The van der Waals surface area contributed by atoms with Crippen LogP contribution in [0.3, 0.4) is 0 Å². The van der Waals surface area contributed by atoms with Crippen LogP contribution in [0.5, 0.6) is 0 Å². The predicted octanol–water partition coefficient (Wildman–Crippen LogP) is 6.13. The van der Waals surface area contributed by atoms with Gasteiger partial charge in [-0.05, 0) is 41.8 Å². The molecule has 0 saturated heterocycles. The third-order valence-corrected chi connectivity index (χ3v) is 5.50. The van der Waals surface area contributed by atoms with E-state index in [9.17, 15) is 0 Å². The highest BCUT2D eigenvalue weighted by Gasteiger charge is 2.03. The lowest BCUT2D eigenvalue weighted by Crippen LogP contribution is -1.77. The van der Waals surface area contributed by atoms with Crippen LogP contribution in [0.25, 0.3) is 11.1 Å². The Labute approximate surface area is 128 Å². The minimum Gasteiger partial charge on any atom is -0.134 e. The second-order valence-electron chi connectivity index (χ2n) is 4.57. The lowest BCUT2D eigenvalue weighted by atomic mass is 10.1. The van der Waals surface area contributed by atoms with Crippen LogP contribution in [-0.2, 0) is 6.42 Å². The zero-order chi connectivity index (χ0) is 13.8. The molecule has 0 fully saturated rings. The number of hydrogen-bond acceptors (Lipinski definition) is 2. The van der Waals surface area contributed by atoms with Crippen molar-refractivity contribution in [3.8, 4) is 11.1 Å². The first-order chi connectivity index (χ1) is 9.85. The van der Waals surface area contributed by atoms with Crippen LogP contribution >= 0.6 is 23.1 Å². The molecular formula is C18H16S2. The molecule has 3 rings (SSSR count). The molecule has 20 heavy (non-hydrogen) atoms. The van der Waals surface area contributed by atoms with Gasteiger partial charge in [-0.25, -0.2) is 0 Å². The average Bonchev–Trinajstić information content (AvgIpc) is 2.96. The van der Waals surface area contributed by atoms with Crippen molar-refractivity contribution < 1.29 is 0 Å².